The predicted octanol–water partition coefficient (Wildman–Crippen LogP) is 1.72. The number of piperidine rings is 1. The summed E-state index contributed by atoms with van der Waals surface area (Å²) in [7, 11) is 1.80. The first kappa shape index (κ1) is 16.8. The number of nitrogens with zero attached hydrogens (tertiary/aromatic N) is 5. The number of hydrogen-bond acceptors (Lipinski definition) is 6. The van der Waals surface area contributed by atoms with Crippen molar-refractivity contribution in [1.82, 2.24) is 25.5 Å². The molecule has 2 heterocycles. The minimum absolute atomic E-state index is 0.0446. The quantitative estimate of drug-likeness (QED) is 0.634. The number of hydrogen-bond donors (Lipinski definition) is 1. The van der Waals surface area contributed by atoms with Gasteiger partial charge in [0.15, 0.2) is 0 Å². The lowest BCUT2D eigenvalue weighted by Crippen LogP contribution is -2.29. The first-order valence-corrected chi connectivity index (χ1v) is 9.21. The molecule has 0 unspecified atom stereocenters. The maximum atomic E-state index is 12.2. The zero-order chi connectivity index (χ0) is 16.8. The van der Waals surface area contributed by atoms with E-state index in [1.54, 1.807) is 11.7 Å². The molecule has 128 valence electrons. The van der Waals surface area contributed by atoms with Crippen LogP contribution in [0.1, 0.15) is 29.6 Å². The first-order chi connectivity index (χ1) is 11.7. The van der Waals surface area contributed by atoms with Gasteiger partial charge in [0.05, 0.1) is 0 Å². The van der Waals surface area contributed by atoms with Gasteiger partial charge in [-0.1, -0.05) is 11.8 Å². The Balaban J connectivity index is 1.45. The monoisotopic (exact) mass is 346 g/mol. The third kappa shape index (κ3) is 4.25. The molecular weight excluding hydrogens is 324 g/mol. The van der Waals surface area contributed by atoms with E-state index < -0.39 is 0 Å². The second-order valence-corrected chi connectivity index (χ2v) is 6.85. The summed E-state index contributed by atoms with van der Waals surface area (Å²) in [5.41, 5.74) is 1.90. The van der Waals surface area contributed by atoms with E-state index in [1.807, 2.05) is 24.3 Å². The van der Waals surface area contributed by atoms with Gasteiger partial charge in [-0.2, -0.15) is 0 Å². The van der Waals surface area contributed by atoms with Gasteiger partial charge in [-0.15, -0.1) is 5.10 Å². The summed E-state index contributed by atoms with van der Waals surface area (Å²) in [5, 5.41) is 14.9. The molecule has 1 aromatic carbocycles. The lowest BCUT2D eigenvalue weighted by molar-refractivity contribution is 0.0956. The topological polar surface area (TPSA) is 75.9 Å². The normalized spacial score (nSPS) is 14.6. The minimum atomic E-state index is -0.0446. The predicted molar refractivity (Wildman–Crippen MR) is 94.4 cm³/mol. The summed E-state index contributed by atoms with van der Waals surface area (Å²) in [6, 6.07) is 7.89. The van der Waals surface area contributed by atoms with Gasteiger partial charge >= 0.3 is 0 Å². The molecule has 0 bridgehead atoms. The SMILES string of the molecule is Cn1nnnc1SCCNC(=O)c1ccc(N2CCCCC2)cc1. The smallest absolute Gasteiger partial charge is 0.251 e. The molecule has 1 fully saturated rings. The fraction of sp³-hybridized carbons (Fsp3) is 0.500. The van der Waals surface area contributed by atoms with Crippen LogP contribution in [0.4, 0.5) is 5.69 Å². The van der Waals surface area contributed by atoms with Crippen LogP contribution in [-0.4, -0.2) is 51.5 Å². The Labute approximate surface area is 145 Å². The molecule has 0 radical (unpaired) electrons. The van der Waals surface area contributed by atoms with Crippen LogP contribution in [0.5, 0.6) is 0 Å². The summed E-state index contributed by atoms with van der Waals surface area (Å²) in [6.07, 6.45) is 3.82. The van der Waals surface area contributed by atoms with Crippen molar-refractivity contribution >= 4 is 23.4 Å². The molecule has 8 heteroatoms. The number of carbonyl (C=O) groups excluding carboxylic acids is 1. The summed E-state index contributed by atoms with van der Waals surface area (Å²) >= 11 is 1.52. The fourth-order valence-electron chi connectivity index (χ4n) is 2.73. The zero-order valence-corrected chi connectivity index (χ0v) is 14.6. The highest BCUT2D eigenvalue weighted by molar-refractivity contribution is 7.99. The standard InChI is InChI=1S/C16H22N6OS/c1-21-16(18-19-20-21)24-12-9-17-15(23)13-5-7-14(8-6-13)22-10-3-2-4-11-22/h5-8H,2-4,9-12H2,1H3,(H,17,23). The van der Waals surface area contributed by atoms with E-state index in [1.165, 1.54) is 36.7 Å². The van der Waals surface area contributed by atoms with Crippen LogP contribution < -0.4 is 10.2 Å². The van der Waals surface area contributed by atoms with E-state index in [9.17, 15) is 4.79 Å². The van der Waals surface area contributed by atoms with Gasteiger partial charge in [0.25, 0.3) is 5.91 Å². The number of thioether (sulfide) groups is 1. The number of rotatable bonds is 6. The molecule has 3 rings (SSSR count). The molecule has 1 aliphatic rings. The van der Waals surface area contributed by atoms with E-state index in [2.05, 4.69) is 25.7 Å². The summed E-state index contributed by atoms with van der Waals surface area (Å²) in [4.78, 5) is 14.6. The van der Waals surface area contributed by atoms with Gasteiger partial charge in [-0.25, -0.2) is 4.68 Å². The maximum absolute atomic E-state index is 12.2. The van der Waals surface area contributed by atoms with Crippen molar-refractivity contribution in [3.63, 3.8) is 0 Å². The van der Waals surface area contributed by atoms with Crippen molar-refractivity contribution in [2.45, 2.75) is 24.4 Å². The summed E-state index contributed by atoms with van der Waals surface area (Å²) in [5.74, 6) is 0.683. The minimum Gasteiger partial charge on any atom is -0.372 e. The molecule has 7 nitrogen and oxygen atoms in total. The molecule has 1 saturated heterocycles. The lowest BCUT2D eigenvalue weighted by atomic mass is 10.1. The van der Waals surface area contributed by atoms with Crippen molar-refractivity contribution in [3.8, 4) is 0 Å². The highest BCUT2D eigenvalue weighted by Gasteiger charge is 2.12. The number of aromatic nitrogens is 4. The Kier molecular flexibility index (Phi) is 5.68. The Morgan fingerprint density at radius 3 is 2.62 bits per heavy atom. The largest absolute Gasteiger partial charge is 0.372 e. The molecule has 0 atom stereocenters. The molecule has 0 aliphatic carbocycles. The van der Waals surface area contributed by atoms with E-state index in [4.69, 9.17) is 0 Å². The lowest BCUT2D eigenvalue weighted by Gasteiger charge is -2.28. The summed E-state index contributed by atoms with van der Waals surface area (Å²) in [6.45, 7) is 2.80. The molecule has 0 spiro atoms. The summed E-state index contributed by atoms with van der Waals surface area (Å²) < 4.78 is 1.62. The molecule has 2 aromatic rings. The average Bonchev–Trinajstić information content (AvgIpc) is 3.04. The van der Waals surface area contributed by atoms with Crippen molar-refractivity contribution < 1.29 is 4.79 Å². The number of carbonyl (C=O) groups is 1. The van der Waals surface area contributed by atoms with Crippen molar-refractivity contribution in [2.24, 2.45) is 7.05 Å². The van der Waals surface area contributed by atoms with E-state index >= 15 is 0 Å². The third-order valence-corrected chi connectivity index (χ3v) is 5.06. The van der Waals surface area contributed by atoms with Crippen LogP contribution in [-0.2, 0) is 7.05 Å². The number of anilines is 1. The second kappa shape index (κ2) is 8.14. The van der Waals surface area contributed by atoms with Gasteiger partial charge in [-0.3, -0.25) is 4.79 Å². The van der Waals surface area contributed by atoms with Crippen molar-refractivity contribution in [2.75, 3.05) is 30.3 Å². The molecule has 1 aromatic heterocycles. The van der Waals surface area contributed by atoms with Gasteiger partial charge in [0.2, 0.25) is 5.16 Å². The highest BCUT2D eigenvalue weighted by atomic mass is 32.2. The molecule has 1 aliphatic heterocycles. The van der Waals surface area contributed by atoms with Crippen molar-refractivity contribution in [3.05, 3.63) is 29.8 Å². The molecule has 24 heavy (non-hydrogen) atoms. The number of tetrazole rings is 1. The van der Waals surface area contributed by atoms with Crippen LogP contribution in [0, 0.1) is 0 Å². The van der Waals surface area contributed by atoms with Crippen LogP contribution in [0.3, 0.4) is 0 Å². The first-order valence-electron chi connectivity index (χ1n) is 8.22. The van der Waals surface area contributed by atoms with Crippen LogP contribution in [0.25, 0.3) is 0 Å². The molecule has 1 N–H and O–H groups in total. The van der Waals surface area contributed by atoms with E-state index in [0.717, 1.165) is 24.0 Å². The van der Waals surface area contributed by atoms with Crippen LogP contribution in [0.2, 0.25) is 0 Å². The number of amides is 1. The van der Waals surface area contributed by atoms with Gasteiger partial charge in [0, 0.05) is 43.7 Å². The fourth-order valence-corrected chi connectivity index (χ4v) is 3.43. The maximum Gasteiger partial charge on any atom is 0.251 e. The van der Waals surface area contributed by atoms with Crippen LogP contribution in [0.15, 0.2) is 29.4 Å². The Morgan fingerprint density at radius 1 is 1.21 bits per heavy atom. The number of nitrogens with one attached hydrogen (secondary N) is 1. The van der Waals surface area contributed by atoms with Gasteiger partial charge in [0.1, 0.15) is 0 Å². The van der Waals surface area contributed by atoms with Crippen LogP contribution >= 0.6 is 11.8 Å². The second-order valence-electron chi connectivity index (χ2n) is 5.78. The molecule has 0 saturated carbocycles. The third-order valence-electron chi connectivity index (χ3n) is 4.05. The van der Waals surface area contributed by atoms with Gasteiger partial charge in [-0.05, 0) is 54.0 Å². The zero-order valence-electron chi connectivity index (χ0n) is 13.8. The number of aryl methyl sites for hydroxylation is 1. The van der Waals surface area contributed by atoms with Crippen molar-refractivity contribution in [1.29, 1.82) is 0 Å². The Morgan fingerprint density at radius 2 is 1.96 bits per heavy atom. The van der Waals surface area contributed by atoms with E-state index in [0.29, 0.717) is 12.1 Å². The number of benzene rings is 1. The van der Waals surface area contributed by atoms with E-state index in [-0.39, 0.29) is 5.91 Å². The molecule has 1 amide bonds. The van der Waals surface area contributed by atoms with Gasteiger partial charge < -0.3 is 10.2 Å². The molecular formula is C16H22N6OS. The average molecular weight is 346 g/mol. The highest BCUT2D eigenvalue weighted by Crippen LogP contribution is 2.20. The Hall–Kier alpha value is -2.09. The Bertz CT molecular complexity index is 665.